The first-order valence-corrected chi connectivity index (χ1v) is 11.8. The third-order valence-electron chi connectivity index (χ3n) is 4.86. The lowest BCUT2D eigenvalue weighted by Crippen LogP contribution is -2.50. The molecule has 0 aromatic heterocycles. The van der Waals surface area contributed by atoms with Gasteiger partial charge in [-0.1, -0.05) is 12.1 Å². The summed E-state index contributed by atoms with van der Waals surface area (Å²) in [4.78, 5) is 0.443. The van der Waals surface area contributed by atoms with Gasteiger partial charge in [-0.15, -0.1) is 0 Å². The van der Waals surface area contributed by atoms with Gasteiger partial charge < -0.3 is 4.74 Å². The summed E-state index contributed by atoms with van der Waals surface area (Å²) in [5.74, 6) is 0.573. The van der Waals surface area contributed by atoms with E-state index in [1.807, 2.05) is 13.0 Å². The number of hydrogen-bond donors (Lipinski definition) is 0. The molecule has 3 rings (SSSR count). The van der Waals surface area contributed by atoms with Crippen LogP contribution in [0.1, 0.15) is 11.1 Å². The molecule has 0 bridgehead atoms. The van der Waals surface area contributed by atoms with Crippen molar-refractivity contribution in [2.45, 2.75) is 23.6 Å². The van der Waals surface area contributed by atoms with Crippen LogP contribution in [0, 0.1) is 13.8 Å². The van der Waals surface area contributed by atoms with Gasteiger partial charge in [-0.2, -0.15) is 8.61 Å². The van der Waals surface area contributed by atoms with Gasteiger partial charge in [0.25, 0.3) is 0 Å². The van der Waals surface area contributed by atoms with Gasteiger partial charge in [0.2, 0.25) is 20.0 Å². The summed E-state index contributed by atoms with van der Waals surface area (Å²) >= 11 is 0. The minimum absolute atomic E-state index is 0.110. The van der Waals surface area contributed by atoms with Crippen LogP contribution < -0.4 is 4.74 Å². The first kappa shape index (κ1) is 20.8. The number of hydrogen-bond acceptors (Lipinski definition) is 5. The predicted molar refractivity (Wildman–Crippen MR) is 106 cm³/mol. The highest BCUT2D eigenvalue weighted by Gasteiger charge is 2.34. The van der Waals surface area contributed by atoms with Crippen molar-refractivity contribution in [3.63, 3.8) is 0 Å². The molecular weight excluding hydrogens is 400 g/mol. The van der Waals surface area contributed by atoms with E-state index in [1.54, 1.807) is 31.2 Å². The molecule has 0 aliphatic carbocycles. The van der Waals surface area contributed by atoms with Crippen LogP contribution in [-0.2, 0) is 20.0 Å². The van der Waals surface area contributed by atoms with Gasteiger partial charge in [-0.25, -0.2) is 16.8 Å². The Bertz CT molecular complexity index is 1060. The molecule has 0 radical (unpaired) electrons. The van der Waals surface area contributed by atoms with Gasteiger partial charge >= 0.3 is 0 Å². The van der Waals surface area contributed by atoms with Crippen LogP contribution in [0.2, 0.25) is 0 Å². The second-order valence-electron chi connectivity index (χ2n) is 6.75. The van der Waals surface area contributed by atoms with Gasteiger partial charge in [0.15, 0.2) is 0 Å². The molecule has 0 N–H and O–H groups in total. The van der Waals surface area contributed by atoms with E-state index in [2.05, 4.69) is 0 Å². The van der Waals surface area contributed by atoms with Gasteiger partial charge in [0.1, 0.15) is 5.75 Å². The Kier molecular flexibility index (Phi) is 5.81. The largest absolute Gasteiger partial charge is 0.497 e. The summed E-state index contributed by atoms with van der Waals surface area (Å²) in [5, 5.41) is 0. The maximum absolute atomic E-state index is 13.0. The topological polar surface area (TPSA) is 84.0 Å². The van der Waals surface area contributed by atoms with Crippen molar-refractivity contribution in [2.75, 3.05) is 33.3 Å². The van der Waals surface area contributed by atoms with Crippen molar-refractivity contribution in [1.82, 2.24) is 8.61 Å². The highest BCUT2D eigenvalue weighted by atomic mass is 32.2. The molecule has 9 heteroatoms. The summed E-state index contributed by atoms with van der Waals surface area (Å²) in [6.45, 7) is 4.06. The zero-order chi connectivity index (χ0) is 20.5. The van der Waals surface area contributed by atoms with Crippen molar-refractivity contribution in [2.24, 2.45) is 0 Å². The minimum Gasteiger partial charge on any atom is -0.497 e. The molecule has 0 saturated carbocycles. The lowest BCUT2D eigenvalue weighted by molar-refractivity contribution is 0.272. The van der Waals surface area contributed by atoms with Crippen LogP contribution in [-0.4, -0.2) is 58.7 Å². The number of aryl methyl sites for hydroxylation is 2. The second kappa shape index (κ2) is 7.82. The molecule has 2 aromatic carbocycles. The third kappa shape index (κ3) is 3.93. The van der Waals surface area contributed by atoms with Crippen molar-refractivity contribution in [3.8, 4) is 5.75 Å². The molecule has 7 nitrogen and oxygen atoms in total. The summed E-state index contributed by atoms with van der Waals surface area (Å²) in [5.41, 5.74) is 1.55. The maximum atomic E-state index is 13.0. The van der Waals surface area contributed by atoms with E-state index in [4.69, 9.17) is 4.74 Å². The molecule has 28 heavy (non-hydrogen) atoms. The normalized spacial score (nSPS) is 16.8. The lowest BCUT2D eigenvalue weighted by atomic mass is 10.2. The van der Waals surface area contributed by atoms with E-state index in [1.165, 1.54) is 27.9 Å². The first-order valence-electron chi connectivity index (χ1n) is 8.88. The Morgan fingerprint density at radius 1 is 0.786 bits per heavy atom. The molecule has 2 aromatic rings. The van der Waals surface area contributed by atoms with Gasteiger partial charge in [0, 0.05) is 26.2 Å². The van der Waals surface area contributed by atoms with Gasteiger partial charge in [-0.05, 0) is 55.3 Å². The average molecular weight is 425 g/mol. The molecule has 0 amide bonds. The van der Waals surface area contributed by atoms with Crippen LogP contribution in [0.4, 0.5) is 0 Å². The van der Waals surface area contributed by atoms with Crippen LogP contribution in [0.15, 0.2) is 52.3 Å². The average Bonchev–Trinajstić information content (AvgIpc) is 2.70. The molecule has 1 saturated heterocycles. The lowest BCUT2D eigenvalue weighted by Gasteiger charge is -2.33. The molecule has 1 heterocycles. The molecule has 0 spiro atoms. The summed E-state index contributed by atoms with van der Waals surface area (Å²) in [7, 11) is -5.83. The van der Waals surface area contributed by atoms with E-state index >= 15 is 0 Å². The van der Waals surface area contributed by atoms with Crippen molar-refractivity contribution in [3.05, 3.63) is 53.6 Å². The predicted octanol–water partition coefficient (Wildman–Crippen LogP) is 2.01. The van der Waals surface area contributed by atoms with Crippen LogP contribution in [0.25, 0.3) is 0 Å². The van der Waals surface area contributed by atoms with E-state index in [9.17, 15) is 16.8 Å². The monoisotopic (exact) mass is 424 g/mol. The number of rotatable bonds is 5. The highest BCUT2D eigenvalue weighted by Crippen LogP contribution is 2.25. The number of sulfonamides is 2. The van der Waals surface area contributed by atoms with Crippen LogP contribution in [0.5, 0.6) is 5.75 Å². The van der Waals surface area contributed by atoms with Crippen LogP contribution in [0.3, 0.4) is 0 Å². The fourth-order valence-corrected chi connectivity index (χ4v) is 6.33. The first-order chi connectivity index (χ1) is 13.2. The molecule has 152 valence electrons. The smallest absolute Gasteiger partial charge is 0.243 e. The number of methoxy groups -OCH3 is 1. The fraction of sp³-hybridized carbons (Fsp3) is 0.368. The number of ether oxygens (including phenoxy) is 1. The zero-order valence-corrected chi connectivity index (χ0v) is 17.8. The minimum atomic E-state index is -3.68. The SMILES string of the molecule is COc1ccc(S(=O)(=O)N2CCN(S(=O)(=O)c3cc(C)ccc3C)CC2)cc1. The van der Waals surface area contributed by atoms with Crippen molar-refractivity contribution >= 4 is 20.0 Å². The number of benzene rings is 2. The van der Waals surface area contributed by atoms with Crippen LogP contribution >= 0.6 is 0 Å². The molecule has 1 fully saturated rings. The summed E-state index contributed by atoms with van der Waals surface area (Å²) in [6, 6.07) is 11.5. The fourth-order valence-electron chi connectivity index (χ4n) is 3.17. The molecule has 0 unspecified atom stereocenters. The maximum Gasteiger partial charge on any atom is 0.243 e. The van der Waals surface area contributed by atoms with Gasteiger partial charge in [-0.3, -0.25) is 0 Å². The van der Waals surface area contributed by atoms with E-state index in [-0.39, 0.29) is 36.0 Å². The Balaban J connectivity index is 1.77. The number of piperazine rings is 1. The number of nitrogens with zero attached hydrogens (tertiary/aromatic N) is 2. The molecule has 1 aliphatic heterocycles. The van der Waals surface area contributed by atoms with Gasteiger partial charge in [0.05, 0.1) is 16.9 Å². The van der Waals surface area contributed by atoms with E-state index < -0.39 is 20.0 Å². The summed E-state index contributed by atoms with van der Waals surface area (Å²) < 4.78 is 59.4. The third-order valence-corrected chi connectivity index (χ3v) is 8.81. The second-order valence-corrected chi connectivity index (χ2v) is 10.6. The zero-order valence-electron chi connectivity index (χ0n) is 16.1. The quantitative estimate of drug-likeness (QED) is 0.733. The Hall–Kier alpha value is -1.94. The Labute approximate surface area is 166 Å². The summed E-state index contributed by atoms with van der Waals surface area (Å²) in [6.07, 6.45) is 0. The Morgan fingerprint density at radius 3 is 1.86 bits per heavy atom. The Morgan fingerprint density at radius 2 is 1.32 bits per heavy atom. The van der Waals surface area contributed by atoms with Crippen molar-refractivity contribution < 1.29 is 21.6 Å². The van der Waals surface area contributed by atoms with E-state index in [0.29, 0.717) is 11.3 Å². The molecule has 1 aliphatic rings. The standard InChI is InChI=1S/C19H24N2O5S2/c1-15-4-5-16(2)19(14-15)28(24,25)21-12-10-20(11-13-21)27(22,23)18-8-6-17(26-3)7-9-18/h4-9,14H,10-13H2,1-3H3. The van der Waals surface area contributed by atoms with E-state index in [0.717, 1.165) is 5.56 Å². The molecular formula is C19H24N2O5S2. The highest BCUT2D eigenvalue weighted by molar-refractivity contribution is 7.89. The van der Waals surface area contributed by atoms with Crippen molar-refractivity contribution in [1.29, 1.82) is 0 Å². The molecule has 0 atom stereocenters.